The number of carbonyl (C=O) groups is 2. The monoisotopic (exact) mass is 316 g/mol. The van der Waals surface area contributed by atoms with E-state index in [1.807, 2.05) is 0 Å². The highest BCUT2D eigenvalue weighted by atomic mass is 16.5. The third-order valence-corrected chi connectivity index (χ3v) is 5.13. The Morgan fingerprint density at radius 1 is 1.22 bits per heavy atom. The van der Waals surface area contributed by atoms with Crippen LogP contribution in [0.3, 0.4) is 0 Å². The van der Waals surface area contributed by atoms with Crippen molar-refractivity contribution < 1.29 is 14.3 Å². The molecule has 2 aliphatic carbocycles. The molecule has 1 aromatic carbocycles. The second-order valence-electron chi connectivity index (χ2n) is 6.78. The first kappa shape index (κ1) is 15.8. The summed E-state index contributed by atoms with van der Waals surface area (Å²) in [5.41, 5.74) is 1.25. The van der Waals surface area contributed by atoms with Gasteiger partial charge in [-0.2, -0.15) is 0 Å². The fraction of sp³-hybridized carbons (Fsp3) is 0.556. The molecule has 124 valence electrons. The molecule has 2 bridgehead atoms. The Morgan fingerprint density at radius 3 is 2.65 bits per heavy atom. The molecule has 1 aromatic rings. The Hall–Kier alpha value is -2.04. The maximum absolute atomic E-state index is 12.4. The van der Waals surface area contributed by atoms with Crippen LogP contribution in [0.15, 0.2) is 18.2 Å². The SMILES string of the molecule is COc1ccc(NC(C)=O)cc1NC(=O)C[C@@H]1C[C@@H]2CC[C@@H]1C2. The molecule has 0 heterocycles. The number of hydrogen-bond acceptors (Lipinski definition) is 3. The first-order chi connectivity index (χ1) is 11.0. The number of methoxy groups -OCH3 is 1. The van der Waals surface area contributed by atoms with Crippen LogP contribution in [0.25, 0.3) is 0 Å². The van der Waals surface area contributed by atoms with Crippen molar-refractivity contribution in [3.05, 3.63) is 18.2 Å². The van der Waals surface area contributed by atoms with Crippen LogP contribution in [0.4, 0.5) is 11.4 Å². The van der Waals surface area contributed by atoms with Crippen molar-refractivity contribution in [2.45, 2.75) is 39.0 Å². The molecular weight excluding hydrogens is 292 g/mol. The first-order valence-corrected chi connectivity index (χ1v) is 8.30. The molecule has 3 rings (SSSR count). The summed E-state index contributed by atoms with van der Waals surface area (Å²) >= 11 is 0. The van der Waals surface area contributed by atoms with Gasteiger partial charge in [-0.1, -0.05) is 6.42 Å². The summed E-state index contributed by atoms with van der Waals surface area (Å²) in [6.45, 7) is 1.46. The maximum atomic E-state index is 12.4. The van der Waals surface area contributed by atoms with Gasteiger partial charge in [0, 0.05) is 19.0 Å². The quantitative estimate of drug-likeness (QED) is 0.874. The zero-order chi connectivity index (χ0) is 16.4. The number of ether oxygens (including phenoxy) is 1. The van der Waals surface area contributed by atoms with E-state index in [1.165, 1.54) is 32.6 Å². The number of carbonyl (C=O) groups excluding carboxylic acids is 2. The van der Waals surface area contributed by atoms with Crippen LogP contribution in [0.5, 0.6) is 5.75 Å². The largest absolute Gasteiger partial charge is 0.495 e. The van der Waals surface area contributed by atoms with Crippen molar-refractivity contribution in [3.8, 4) is 5.75 Å². The number of fused-ring (bicyclic) bond motifs is 2. The lowest BCUT2D eigenvalue weighted by Crippen LogP contribution is -2.20. The van der Waals surface area contributed by atoms with Gasteiger partial charge in [0.2, 0.25) is 11.8 Å². The normalized spacial score (nSPS) is 25.2. The van der Waals surface area contributed by atoms with Gasteiger partial charge in [0.25, 0.3) is 0 Å². The van der Waals surface area contributed by atoms with E-state index in [1.54, 1.807) is 25.3 Å². The van der Waals surface area contributed by atoms with Crippen LogP contribution in [-0.4, -0.2) is 18.9 Å². The molecule has 2 saturated carbocycles. The van der Waals surface area contributed by atoms with Crippen LogP contribution in [0.1, 0.15) is 39.0 Å². The van der Waals surface area contributed by atoms with Gasteiger partial charge in [0.15, 0.2) is 0 Å². The van der Waals surface area contributed by atoms with E-state index in [4.69, 9.17) is 4.74 Å². The zero-order valence-electron chi connectivity index (χ0n) is 13.7. The van der Waals surface area contributed by atoms with Crippen LogP contribution in [-0.2, 0) is 9.59 Å². The van der Waals surface area contributed by atoms with Crippen LogP contribution < -0.4 is 15.4 Å². The lowest BCUT2D eigenvalue weighted by molar-refractivity contribution is -0.117. The molecule has 2 fully saturated rings. The van der Waals surface area contributed by atoms with Crippen molar-refractivity contribution in [2.24, 2.45) is 17.8 Å². The van der Waals surface area contributed by atoms with Gasteiger partial charge in [-0.3, -0.25) is 9.59 Å². The van der Waals surface area contributed by atoms with E-state index in [9.17, 15) is 9.59 Å². The standard InChI is InChI=1S/C18H24N2O3/c1-11(21)19-15-5-6-17(23-2)16(10-15)20-18(22)9-14-8-12-3-4-13(14)7-12/h5-6,10,12-14H,3-4,7-9H2,1-2H3,(H,19,21)(H,20,22)/t12-,13-,14+/m1/s1. The summed E-state index contributed by atoms with van der Waals surface area (Å²) in [6.07, 6.45) is 5.70. The molecule has 0 aromatic heterocycles. The highest BCUT2D eigenvalue weighted by molar-refractivity contribution is 5.95. The van der Waals surface area contributed by atoms with E-state index in [2.05, 4.69) is 10.6 Å². The molecule has 5 heteroatoms. The van der Waals surface area contributed by atoms with Crippen LogP contribution >= 0.6 is 0 Å². The Labute approximate surface area is 136 Å². The predicted octanol–water partition coefficient (Wildman–Crippen LogP) is 3.42. The minimum Gasteiger partial charge on any atom is -0.495 e. The van der Waals surface area contributed by atoms with Crippen LogP contribution in [0.2, 0.25) is 0 Å². The minimum absolute atomic E-state index is 0.0285. The van der Waals surface area contributed by atoms with Gasteiger partial charge in [0.1, 0.15) is 5.75 Å². The number of amides is 2. The molecule has 0 unspecified atom stereocenters. The van der Waals surface area contributed by atoms with E-state index >= 15 is 0 Å². The van der Waals surface area contributed by atoms with Gasteiger partial charge in [-0.15, -0.1) is 0 Å². The molecule has 5 nitrogen and oxygen atoms in total. The number of anilines is 2. The summed E-state index contributed by atoms with van der Waals surface area (Å²) in [7, 11) is 1.57. The Kier molecular flexibility index (Phi) is 4.55. The summed E-state index contributed by atoms with van der Waals surface area (Å²) in [4.78, 5) is 23.6. The fourth-order valence-electron chi connectivity index (χ4n) is 4.15. The minimum atomic E-state index is -0.144. The topological polar surface area (TPSA) is 67.4 Å². The predicted molar refractivity (Wildman–Crippen MR) is 89.5 cm³/mol. The molecule has 3 atom stereocenters. The molecule has 2 amide bonds. The van der Waals surface area contributed by atoms with E-state index < -0.39 is 0 Å². The lowest BCUT2D eigenvalue weighted by Gasteiger charge is -2.21. The van der Waals surface area contributed by atoms with Gasteiger partial charge in [-0.05, 0) is 55.2 Å². The summed E-state index contributed by atoms with van der Waals surface area (Å²) in [6, 6.07) is 5.24. The average molecular weight is 316 g/mol. The molecule has 0 radical (unpaired) electrons. The van der Waals surface area contributed by atoms with E-state index in [0.29, 0.717) is 29.5 Å². The highest BCUT2D eigenvalue weighted by Gasteiger charge is 2.40. The van der Waals surface area contributed by atoms with Crippen molar-refractivity contribution in [2.75, 3.05) is 17.7 Å². The molecule has 23 heavy (non-hydrogen) atoms. The average Bonchev–Trinajstić information content (AvgIpc) is 3.09. The van der Waals surface area contributed by atoms with Gasteiger partial charge in [-0.25, -0.2) is 0 Å². The van der Waals surface area contributed by atoms with Crippen molar-refractivity contribution in [1.82, 2.24) is 0 Å². The Morgan fingerprint density at radius 2 is 2.04 bits per heavy atom. The second-order valence-corrected chi connectivity index (χ2v) is 6.78. The third kappa shape index (κ3) is 3.66. The number of benzene rings is 1. The molecule has 0 spiro atoms. The lowest BCUT2D eigenvalue weighted by atomic mass is 9.86. The Balaban J connectivity index is 1.65. The molecule has 0 aliphatic heterocycles. The van der Waals surface area contributed by atoms with Gasteiger partial charge in [0.05, 0.1) is 12.8 Å². The zero-order valence-corrected chi connectivity index (χ0v) is 13.7. The van der Waals surface area contributed by atoms with Crippen LogP contribution in [0, 0.1) is 17.8 Å². The van der Waals surface area contributed by atoms with Crippen molar-refractivity contribution in [3.63, 3.8) is 0 Å². The van der Waals surface area contributed by atoms with Gasteiger partial charge < -0.3 is 15.4 Å². The third-order valence-electron chi connectivity index (χ3n) is 5.13. The van der Waals surface area contributed by atoms with Crippen molar-refractivity contribution in [1.29, 1.82) is 0 Å². The molecule has 2 aliphatic rings. The molecule has 0 saturated heterocycles. The molecule has 2 N–H and O–H groups in total. The van der Waals surface area contributed by atoms with Gasteiger partial charge >= 0.3 is 0 Å². The maximum Gasteiger partial charge on any atom is 0.224 e. The summed E-state index contributed by atoms with van der Waals surface area (Å²) in [5.74, 6) is 2.59. The smallest absolute Gasteiger partial charge is 0.224 e. The summed E-state index contributed by atoms with van der Waals surface area (Å²) < 4.78 is 5.30. The number of rotatable bonds is 5. The van der Waals surface area contributed by atoms with Crippen molar-refractivity contribution >= 4 is 23.2 Å². The summed E-state index contributed by atoms with van der Waals surface area (Å²) in [5, 5.41) is 5.67. The highest BCUT2D eigenvalue weighted by Crippen LogP contribution is 2.49. The van der Waals surface area contributed by atoms with E-state index in [-0.39, 0.29) is 11.8 Å². The number of nitrogens with one attached hydrogen (secondary N) is 2. The fourth-order valence-corrected chi connectivity index (χ4v) is 4.15. The van der Waals surface area contributed by atoms with E-state index in [0.717, 1.165) is 11.8 Å². The molecular formula is C18H24N2O3. The number of hydrogen-bond donors (Lipinski definition) is 2. The first-order valence-electron chi connectivity index (χ1n) is 8.30. The second kappa shape index (κ2) is 6.60. The Bertz CT molecular complexity index is 614.